The summed E-state index contributed by atoms with van der Waals surface area (Å²) in [5, 5.41) is -0.270. The van der Waals surface area contributed by atoms with Crippen molar-refractivity contribution >= 4 is 70.7 Å². The van der Waals surface area contributed by atoms with Crippen molar-refractivity contribution in [3.05, 3.63) is 41.4 Å². The zero-order valence-corrected chi connectivity index (χ0v) is 17.0. The van der Waals surface area contributed by atoms with Gasteiger partial charge < -0.3 is 9.47 Å². The third-order valence-corrected chi connectivity index (χ3v) is 6.64. The van der Waals surface area contributed by atoms with E-state index < -0.39 is 0 Å². The third kappa shape index (κ3) is 3.44. The Balaban J connectivity index is 2.02. The maximum Gasteiger partial charge on any atom is 0.162 e. The first kappa shape index (κ1) is 16.1. The summed E-state index contributed by atoms with van der Waals surface area (Å²) in [5.74, 6) is 1.51. The van der Waals surface area contributed by atoms with E-state index in [1.54, 1.807) is 11.3 Å². The highest BCUT2D eigenvalue weighted by atomic mass is 79.9. The van der Waals surface area contributed by atoms with Crippen molar-refractivity contribution in [3.8, 4) is 11.5 Å². The van der Waals surface area contributed by atoms with Crippen molar-refractivity contribution < 1.29 is 9.47 Å². The molecule has 2 heterocycles. The molecule has 1 aromatic heterocycles. The second-order valence-electron chi connectivity index (χ2n) is 4.51. The number of benzene rings is 1. The molecule has 2 aromatic rings. The molecule has 1 unspecified atom stereocenters. The highest BCUT2D eigenvalue weighted by Gasteiger charge is 2.22. The van der Waals surface area contributed by atoms with Crippen LogP contribution in [0.5, 0.6) is 11.5 Å². The highest BCUT2D eigenvalue weighted by molar-refractivity contribution is 9.12. The number of rotatable bonds is 2. The van der Waals surface area contributed by atoms with E-state index in [4.69, 9.17) is 21.1 Å². The first-order chi connectivity index (χ1) is 10.1. The van der Waals surface area contributed by atoms with Crippen LogP contribution < -0.4 is 9.47 Å². The maximum absolute atomic E-state index is 6.67. The Labute approximate surface area is 157 Å². The van der Waals surface area contributed by atoms with Crippen LogP contribution in [0.3, 0.4) is 0 Å². The molecule has 0 N–H and O–H groups in total. The number of halogens is 4. The number of hydrogen-bond donors (Lipinski definition) is 0. The zero-order valence-electron chi connectivity index (χ0n) is 10.7. The molecule has 0 amide bonds. The molecule has 0 aliphatic carbocycles. The smallest absolute Gasteiger partial charge is 0.162 e. The fraction of sp³-hybridized carbons (Fsp3) is 0.286. The molecule has 1 aliphatic heterocycles. The zero-order chi connectivity index (χ0) is 15.0. The molecule has 0 spiro atoms. The van der Waals surface area contributed by atoms with Gasteiger partial charge in [-0.05, 0) is 55.6 Å². The van der Waals surface area contributed by atoms with Crippen LogP contribution in [0.15, 0.2) is 30.2 Å². The van der Waals surface area contributed by atoms with E-state index in [0.29, 0.717) is 13.2 Å². The summed E-state index contributed by atoms with van der Waals surface area (Å²) in [6, 6.07) is 5.92. The van der Waals surface area contributed by atoms with Crippen LogP contribution in [0.25, 0.3) is 0 Å². The molecule has 3 rings (SSSR count). The number of fused-ring (bicyclic) bond motifs is 1. The molecule has 0 fully saturated rings. The minimum Gasteiger partial charge on any atom is -0.490 e. The van der Waals surface area contributed by atoms with Gasteiger partial charge in [-0.25, -0.2) is 0 Å². The predicted octanol–water partition coefficient (Wildman–Crippen LogP) is 6.53. The lowest BCUT2D eigenvalue weighted by Gasteiger charge is -2.15. The Morgan fingerprint density at radius 3 is 2.29 bits per heavy atom. The molecule has 1 aliphatic rings. The van der Waals surface area contributed by atoms with E-state index in [-0.39, 0.29) is 5.38 Å². The van der Waals surface area contributed by atoms with Gasteiger partial charge in [-0.1, -0.05) is 15.9 Å². The highest BCUT2D eigenvalue weighted by Crippen LogP contribution is 2.45. The molecule has 2 nitrogen and oxygen atoms in total. The Morgan fingerprint density at radius 2 is 1.67 bits per heavy atom. The first-order valence-electron chi connectivity index (χ1n) is 6.24. The van der Waals surface area contributed by atoms with Crippen LogP contribution >= 0.6 is 70.7 Å². The average molecular weight is 517 g/mol. The van der Waals surface area contributed by atoms with Crippen molar-refractivity contribution in [3.63, 3.8) is 0 Å². The molecule has 1 aromatic carbocycles. The van der Waals surface area contributed by atoms with Crippen molar-refractivity contribution in [1.29, 1.82) is 0 Å². The number of ether oxygens (including phenoxy) is 2. The lowest BCUT2D eigenvalue weighted by Crippen LogP contribution is -1.98. The van der Waals surface area contributed by atoms with Crippen LogP contribution in [0.2, 0.25) is 0 Å². The summed E-state index contributed by atoms with van der Waals surface area (Å²) in [4.78, 5) is 0. The topological polar surface area (TPSA) is 18.5 Å². The molecule has 21 heavy (non-hydrogen) atoms. The van der Waals surface area contributed by atoms with Gasteiger partial charge in [-0.2, -0.15) is 0 Å². The second kappa shape index (κ2) is 6.79. The number of alkyl halides is 1. The minimum atomic E-state index is -0.270. The van der Waals surface area contributed by atoms with Crippen molar-refractivity contribution in [1.82, 2.24) is 0 Å². The van der Waals surface area contributed by atoms with Gasteiger partial charge in [0.05, 0.1) is 26.2 Å². The monoisotopic (exact) mass is 514 g/mol. The quantitative estimate of drug-likeness (QED) is 0.422. The van der Waals surface area contributed by atoms with Crippen molar-refractivity contribution in [2.45, 2.75) is 11.8 Å². The molecular weight excluding hydrogens is 507 g/mol. The molecule has 112 valence electrons. The van der Waals surface area contributed by atoms with Gasteiger partial charge in [-0.15, -0.1) is 22.9 Å². The van der Waals surface area contributed by atoms with Gasteiger partial charge >= 0.3 is 0 Å². The largest absolute Gasteiger partial charge is 0.490 e. The predicted molar refractivity (Wildman–Crippen MR) is 97.2 cm³/mol. The van der Waals surface area contributed by atoms with Crippen molar-refractivity contribution in [2.24, 2.45) is 0 Å². The van der Waals surface area contributed by atoms with E-state index in [0.717, 1.165) is 41.1 Å². The summed E-state index contributed by atoms with van der Waals surface area (Å²) in [6.45, 7) is 1.33. The van der Waals surface area contributed by atoms with Gasteiger partial charge in [0.15, 0.2) is 11.5 Å². The van der Waals surface area contributed by atoms with E-state index >= 15 is 0 Å². The average Bonchev–Trinajstić information content (AvgIpc) is 2.64. The molecule has 0 saturated carbocycles. The van der Waals surface area contributed by atoms with Gasteiger partial charge in [0.25, 0.3) is 0 Å². The van der Waals surface area contributed by atoms with Crippen LogP contribution in [-0.4, -0.2) is 13.2 Å². The standard InChI is InChI=1S/C14H10Br3ClO2S/c15-9-6-11-10(19-2-1-3-20-11)4-7(9)13(18)8-5-12(16)21-14(8)17/h4-6,13H,1-3H2. The molecule has 7 heteroatoms. The number of thiophene rings is 1. The molecule has 1 atom stereocenters. The van der Waals surface area contributed by atoms with Crippen LogP contribution in [0.4, 0.5) is 0 Å². The van der Waals surface area contributed by atoms with Gasteiger partial charge in [-0.3, -0.25) is 0 Å². The van der Waals surface area contributed by atoms with Crippen LogP contribution in [-0.2, 0) is 0 Å². The molecule has 0 saturated heterocycles. The van der Waals surface area contributed by atoms with Gasteiger partial charge in [0, 0.05) is 16.5 Å². The summed E-state index contributed by atoms with van der Waals surface area (Å²) in [6.07, 6.45) is 0.884. The summed E-state index contributed by atoms with van der Waals surface area (Å²) in [7, 11) is 0. The van der Waals surface area contributed by atoms with Gasteiger partial charge in [0.2, 0.25) is 0 Å². The lowest BCUT2D eigenvalue weighted by molar-refractivity contribution is 0.297. The molecular formula is C14H10Br3ClO2S. The van der Waals surface area contributed by atoms with E-state index in [2.05, 4.69) is 47.8 Å². The fourth-order valence-corrected chi connectivity index (χ4v) is 6.22. The summed E-state index contributed by atoms with van der Waals surface area (Å²) in [5.41, 5.74) is 2.00. The van der Waals surface area contributed by atoms with E-state index in [1.807, 2.05) is 18.2 Å². The molecule has 0 radical (unpaired) electrons. The Kier molecular flexibility index (Phi) is 5.21. The SMILES string of the molecule is ClC(c1cc2c(cc1Br)OCCCO2)c1cc(Br)sc1Br. The van der Waals surface area contributed by atoms with Gasteiger partial charge in [0.1, 0.15) is 0 Å². The summed E-state index contributed by atoms with van der Waals surface area (Å²) >= 11 is 18.9. The Bertz CT molecular complexity index is 674. The lowest BCUT2D eigenvalue weighted by atomic mass is 10.1. The maximum atomic E-state index is 6.67. The first-order valence-corrected chi connectivity index (χ1v) is 9.87. The molecule has 0 bridgehead atoms. The number of hydrogen-bond acceptors (Lipinski definition) is 3. The Morgan fingerprint density at radius 1 is 1.00 bits per heavy atom. The van der Waals surface area contributed by atoms with Crippen LogP contribution in [0, 0.1) is 0 Å². The fourth-order valence-electron chi connectivity index (χ4n) is 2.09. The van der Waals surface area contributed by atoms with E-state index in [1.165, 1.54) is 0 Å². The third-order valence-electron chi connectivity index (χ3n) is 3.10. The normalized spacial score (nSPS) is 15.6. The summed E-state index contributed by atoms with van der Waals surface area (Å²) < 4.78 is 14.4. The Hall–Kier alpha value is 0.250. The second-order valence-corrected chi connectivity index (χ2v) is 9.55. The minimum absolute atomic E-state index is 0.270. The van der Waals surface area contributed by atoms with Crippen molar-refractivity contribution in [2.75, 3.05) is 13.2 Å². The van der Waals surface area contributed by atoms with Crippen LogP contribution in [0.1, 0.15) is 22.9 Å². The van der Waals surface area contributed by atoms with E-state index in [9.17, 15) is 0 Å².